The molecule has 12 heteroatoms. The molecule has 0 spiro atoms. The number of nitrogens with one attached hydrogen (secondary N) is 3. The lowest BCUT2D eigenvalue weighted by molar-refractivity contribution is -0.143. The number of carboxylic acids is 2. The van der Waals surface area contributed by atoms with Crippen LogP contribution in [0.15, 0.2) is 12.5 Å². The Bertz CT molecular complexity index is 680. The van der Waals surface area contributed by atoms with Gasteiger partial charge in [-0.3, -0.25) is 14.4 Å². The number of carbonyl (C=O) groups excluding carboxylic acids is 2. The smallest absolute Gasteiger partial charge is 0.326 e. The summed E-state index contributed by atoms with van der Waals surface area (Å²) in [5.41, 5.74) is 11.8. The van der Waals surface area contributed by atoms with Gasteiger partial charge in [-0.15, -0.1) is 0 Å². The fraction of sp³-hybridized carbons (Fsp3) is 0.588. The number of hydrogen-bond acceptors (Lipinski definition) is 7. The Hall–Kier alpha value is -2.99. The highest BCUT2D eigenvalue weighted by molar-refractivity contribution is 5.92. The normalized spacial score (nSPS) is 13.9. The summed E-state index contributed by atoms with van der Waals surface area (Å²) < 4.78 is 0. The molecule has 0 saturated carbocycles. The first-order valence-corrected chi connectivity index (χ1v) is 9.22. The van der Waals surface area contributed by atoms with Gasteiger partial charge in [0.25, 0.3) is 0 Å². The minimum absolute atomic E-state index is 0.0262. The van der Waals surface area contributed by atoms with Gasteiger partial charge >= 0.3 is 11.9 Å². The summed E-state index contributed by atoms with van der Waals surface area (Å²) >= 11 is 0. The molecule has 0 aromatic carbocycles. The summed E-state index contributed by atoms with van der Waals surface area (Å²) in [4.78, 5) is 53.6. The largest absolute Gasteiger partial charge is 0.481 e. The first-order valence-electron chi connectivity index (χ1n) is 9.22. The van der Waals surface area contributed by atoms with Crippen molar-refractivity contribution in [1.29, 1.82) is 0 Å². The van der Waals surface area contributed by atoms with Crippen molar-refractivity contribution in [2.24, 2.45) is 11.5 Å². The first kappa shape index (κ1) is 24.0. The maximum atomic E-state index is 12.6. The van der Waals surface area contributed by atoms with Crippen LogP contribution in [0.4, 0.5) is 0 Å². The molecule has 0 saturated heterocycles. The number of unbranched alkanes of at least 4 members (excludes halogenated alkanes) is 1. The van der Waals surface area contributed by atoms with E-state index >= 15 is 0 Å². The van der Waals surface area contributed by atoms with E-state index in [1.165, 1.54) is 12.5 Å². The van der Waals surface area contributed by atoms with Gasteiger partial charge in [0.2, 0.25) is 11.8 Å². The maximum Gasteiger partial charge on any atom is 0.326 e. The van der Waals surface area contributed by atoms with Gasteiger partial charge < -0.3 is 37.3 Å². The fourth-order valence-corrected chi connectivity index (χ4v) is 2.54. The molecule has 12 nitrogen and oxygen atoms in total. The molecule has 1 aromatic rings. The van der Waals surface area contributed by atoms with Crippen LogP contribution in [0.1, 0.15) is 37.8 Å². The van der Waals surface area contributed by atoms with E-state index in [-0.39, 0.29) is 12.8 Å². The van der Waals surface area contributed by atoms with Crippen molar-refractivity contribution in [3.63, 3.8) is 0 Å². The number of nitrogens with zero attached hydrogens (tertiary/aromatic N) is 1. The molecule has 3 unspecified atom stereocenters. The molecule has 0 aliphatic carbocycles. The number of aromatic amines is 1. The van der Waals surface area contributed by atoms with Gasteiger partial charge in [0.1, 0.15) is 12.1 Å². The number of rotatable bonds is 14. The van der Waals surface area contributed by atoms with E-state index in [4.69, 9.17) is 16.6 Å². The molecular weight excluding hydrogens is 384 g/mol. The second-order valence-corrected chi connectivity index (χ2v) is 6.56. The minimum atomic E-state index is -1.40. The molecule has 2 amide bonds. The molecule has 162 valence electrons. The Morgan fingerprint density at radius 2 is 1.76 bits per heavy atom. The third-order valence-corrected chi connectivity index (χ3v) is 4.18. The number of amides is 2. The Kier molecular flexibility index (Phi) is 10.3. The van der Waals surface area contributed by atoms with Gasteiger partial charge in [-0.1, -0.05) is 6.42 Å². The van der Waals surface area contributed by atoms with Gasteiger partial charge in [-0.2, -0.15) is 0 Å². The third kappa shape index (κ3) is 9.17. The summed E-state index contributed by atoms with van der Waals surface area (Å²) in [6.45, 7) is 0.478. The minimum Gasteiger partial charge on any atom is -0.481 e. The molecule has 1 heterocycles. The van der Waals surface area contributed by atoms with E-state index < -0.39 is 48.3 Å². The van der Waals surface area contributed by atoms with Gasteiger partial charge in [0, 0.05) is 24.7 Å². The maximum absolute atomic E-state index is 12.6. The summed E-state index contributed by atoms with van der Waals surface area (Å²) in [5, 5.41) is 22.8. The van der Waals surface area contributed by atoms with Crippen LogP contribution in [-0.4, -0.2) is 68.6 Å². The van der Waals surface area contributed by atoms with Crippen LogP contribution in [0.3, 0.4) is 0 Å². The van der Waals surface area contributed by atoms with Gasteiger partial charge in [0.15, 0.2) is 0 Å². The highest BCUT2D eigenvalue weighted by Crippen LogP contribution is 2.05. The average Bonchev–Trinajstić information content (AvgIpc) is 3.17. The molecule has 29 heavy (non-hydrogen) atoms. The summed E-state index contributed by atoms with van der Waals surface area (Å²) in [6.07, 6.45) is 3.92. The predicted octanol–water partition coefficient (Wildman–Crippen LogP) is -1.67. The van der Waals surface area contributed by atoms with Crippen molar-refractivity contribution in [2.45, 2.75) is 56.7 Å². The molecule has 3 atom stereocenters. The summed E-state index contributed by atoms with van der Waals surface area (Å²) in [5.74, 6) is -3.88. The second-order valence-electron chi connectivity index (χ2n) is 6.56. The van der Waals surface area contributed by atoms with Crippen molar-refractivity contribution < 1.29 is 29.4 Å². The zero-order valence-electron chi connectivity index (χ0n) is 16.0. The molecule has 9 N–H and O–H groups in total. The van der Waals surface area contributed by atoms with Crippen molar-refractivity contribution in [3.05, 3.63) is 18.2 Å². The average molecular weight is 412 g/mol. The van der Waals surface area contributed by atoms with E-state index in [9.17, 15) is 24.3 Å². The lowest BCUT2D eigenvalue weighted by atomic mass is 10.1. The number of aliphatic carboxylic acids is 2. The lowest BCUT2D eigenvalue weighted by Gasteiger charge is -2.22. The SMILES string of the molecule is NCCCCC(N)C(=O)NC(Cc1cnc[nH]1)C(=O)NC(CCC(=O)O)C(=O)O. The number of aromatic nitrogens is 2. The van der Waals surface area contributed by atoms with Crippen LogP contribution in [0.5, 0.6) is 0 Å². The Morgan fingerprint density at radius 1 is 1.07 bits per heavy atom. The molecule has 0 aliphatic heterocycles. The molecule has 1 aromatic heterocycles. The van der Waals surface area contributed by atoms with Crippen molar-refractivity contribution >= 4 is 23.8 Å². The number of H-pyrrole nitrogens is 1. The Labute approximate surface area is 167 Å². The van der Waals surface area contributed by atoms with E-state index in [2.05, 4.69) is 20.6 Å². The number of imidazole rings is 1. The van der Waals surface area contributed by atoms with Crippen LogP contribution >= 0.6 is 0 Å². The quantitative estimate of drug-likeness (QED) is 0.174. The number of carboxylic acid groups (broad SMARTS) is 2. The van der Waals surface area contributed by atoms with Crippen LogP contribution in [0.25, 0.3) is 0 Å². The highest BCUT2D eigenvalue weighted by atomic mass is 16.4. The van der Waals surface area contributed by atoms with Gasteiger partial charge in [0.05, 0.1) is 12.4 Å². The molecular formula is C17H28N6O6. The molecule has 0 bridgehead atoms. The zero-order valence-corrected chi connectivity index (χ0v) is 16.0. The highest BCUT2D eigenvalue weighted by Gasteiger charge is 2.28. The lowest BCUT2D eigenvalue weighted by Crippen LogP contribution is -2.55. The second kappa shape index (κ2) is 12.5. The third-order valence-electron chi connectivity index (χ3n) is 4.18. The first-order chi connectivity index (χ1) is 13.7. The number of hydrogen-bond donors (Lipinski definition) is 7. The Balaban J connectivity index is 2.81. The number of carbonyl (C=O) groups is 4. The Morgan fingerprint density at radius 3 is 2.31 bits per heavy atom. The molecule has 0 aliphatic rings. The van der Waals surface area contributed by atoms with E-state index in [0.29, 0.717) is 31.5 Å². The van der Waals surface area contributed by atoms with Crippen LogP contribution < -0.4 is 22.1 Å². The van der Waals surface area contributed by atoms with Gasteiger partial charge in [-0.05, 0) is 25.8 Å². The summed E-state index contributed by atoms with van der Waals surface area (Å²) in [6, 6.07) is -3.37. The molecule has 0 radical (unpaired) electrons. The van der Waals surface area contributed by atoms with Crippen molar-refractivity contribution in [3.8, 4) is 0 Å². The fourth-order valence-electron chi connectivity index (χ4n) is 2.54. The van der Waals surface area contributed by atoms with E-state index in [1.54, 1.807) is 0 Å². The molecule has 1 rings (SSSR count). The predicted molar refractivity (Wildman–Crippen MR) is 102 cm³/mol. The monoisotopic (exact) mass is 412 g/mol. The standard InChI is InChI=1S/C17H28N6O6/c18-6-2-1-3-11(19)15(26)23-13(7-10-8-20-9-21-10)16(27)22-12(17(28)29)4-5-14(24)25/h8-9,11-13H,1-7,18-19H2,(H,20,21)(H,22,27)(H,23,26)(H,24,25)(H,28,29). The number of nitrogens with two attached hydrogens (primary N) is 2. The molecule has 0 fully saturated rings. The van der Waals surface area contributed by atoms with Crippen LogP contribution in [-0.2, 0) is 25.6 Å². The van der Waals surface area contributed by atoms with E-state index in [1.807, 2.05) is 0 Å². The van der Waals surface area contributed by atoms with Gasteiger partial charge in [-0.25, -0.2) is 9.78 Å². The van der Waals surface area contributed by atoms with Crippen molar-refractivity contribution in [2.75, 3.05) is 6.54 Å². The van der Waals surface area contributed by atoms with E-state index in [0.717, 1.165) is 0 Å². The van der Waals surface area contributed by atoms with Crippen LogP contribution in [0.2, 0.25) is 0 Å². The van der Waals surface area contributed by atoms with Crippen molar-refractivity contribution in [1.82, 2.24) is 20.6 Å². The van der Waals surface area contributed by atoms with Crippen LogP contribution in [0, 0.1) is 0 Å². The zero-order chi connectivity index (χ0) is 21.8. The summed E-state index contributed by atoms with van der Waals surface area (Å²) in [7, 11) is 0. The topological polar surface area (TPSA) is 214 Å².